The van der Waals surface area contributed by atoms with Gasteiger partial charge >= 0.3 is 0 Å². The number of aromatic nitrogens is 2. The lowest BCUT2D eigenvalue weighted by Crippen LogP contribution is -2.32. The number of nitrogens with zero attached hydrogens (tertiary/aromatic N) is 3. The largest absolute Gasteiger partial charge is 0.362 e. The molecule has 24 heavy (non-hydrogen) atoms. The molecule has 1 aliphatic rings. The molecule has 0 radical (unpaired) electrons. The molecule has 2 aromatic rings. The van der Waals surface area contributed by atoms with Gasteiger partial charge < -0.3 is 10.2 Å². The van der Waals surface area contributed by atoms with Crippen molar-refractivity contribution in [1.29, 1.82) is 0 Å². The Morgan fingerprint density at radius 3 is 2.38 bits per heavy atom. The van der Waals surface area contributed by atoms with E-state index < -0.39 is 0 Å². The maximum atomic E-state index is 12.5. The van der Waals surface area contributed by atoms with Gasteiger partial charge in [0, 0.05) is 19.1 Å². The molecule has 3 rings (SSSR count). The predicted molar refractivity (Wildman–Crippen MR) is 94.9 cm³/mol. The monoisotopic (exact) mass is 324 g/mol. The lowest BCUT2D eigenvalue weighted by molar-refractivity contribution is 0.0755. The maximum Gasteiger partial charge on any atom is 0.274 e. The van der Waals surface area contributed by atoms with Crippen LogP contribution in [0.2, 0.25) is 0 Å². The third-order valence-corrected chi connectivity index (χ3v) is 4.43. The molecular weight excluding hydrogens is 300 g/mol. The first kappa shape index (κ1) is 16.4. The van der Waals surface area contributed by atoms with Crippen molar-refractivity contribution in [1.82, 2.24) is 14.9 Å². The Bertz CT molecular complexity index is 649. The third kappa shape index (κ3) is 4.10. The van der Waals surface area contributed by atoms with E-state index in [0.29, 0.717) is 11.5 Å². The number of carbonyl (C=O) groups is 1. The molecule has 1 aliphatic heterocycles. The quantitative estimate of drug-likeness (QED) is 0.932. The van der Waals surface area contributed by atoms with Crippen LogP contribution in [0.15, 0.2) is 42.7 Å². The highest BCUT2D eigenvalue weighted by Gasteiger charge is 2.18. The number of hydrogen-bond acceptors (Lipinski definition) is 4. The highest BCUT2D eigenvalue weighted by Crippen LogP contribution is 2.17. The van der Waals surface area contributed by atoms with Gasteiger partial charge in [-0.15, -0.1) is 0 Å². The fourth-order valence-corrected chi connectivity index (χ4v) is 3.00. The molecule has 1 N–H and O–H groups in total. The van der Waals surface area contributed by atoms with E-state index in [9.17, 15) is 4.79 Å². The molecule has 1 saturated heterocycles. The Balaban J connectivity index is 1.63. The molecule has 1 atom stereocenters. The zero-order valence-corrected chi connectivity index (χ0v) is 14.1. The van der Waals surface area contributed by atoms with E-state index in [4.69, 9.17) is 0 Å². The van der Waals surface area contributed by atoms with Crippen LogP contribution in [0.25, 0.3) is 0 Å². The normalized spacial score (nSPS) is 16.3. The maximum absolute atomic E-state index is 12.5. The Hall–Kier alpha value is -2.43. The number of rotatable bonds is 4. The summed E-state index contributed by atoms with van der Waals surface area (Å²) in [5.41, 5.74) is 1.61. The smallest absolute Gasteiger partial charge is 0.274 e. The number of benzene rings is 1. The second-order valence-electron chi connectivity index (χ2n) is 6.27. The number of likely N-dealkylation sites (tertiary alicyclic amines) is 1. The van der Waals surface area contributed by atoms with Crippen LogP contribution in [0.3, 0.4) is 0 Å². The first-order chi connectivity index (χ1) is 11.7. The van der Waals surface area contributed by atoms with Crippen molar-refractivity contribution in [3.8, 4) is 0 Å². The van der Waals surface area contributed by atoms with E-state index in [0.717, 1.165) is 25.9 Å². The van der Waals surface area contributed by atoms with Gasteiger partial charge in [-0.1, -0.05) is 43.2 Å². The summed E-state index contributed by atoms with van der Waals surface area (Å²) in [6.45, 7) is 3.73. The van der Waals surface area contributed by atoms with Crippen LogP contribution < -0.4 is 5.32 Å². The van der Waals surface area contributed by atoms with Crippen molar-refractivity contribution in [2.24, 2.45) is 0 Å². The molecule has 2 heterocycles. The molecule has 0 aliphatic carbocycles. The van der Waals surface area contributed by atoms with Gasteiger partial charge in [-0.05, 0) is 25.3 Å². The van der Waals surface area contributed by atoms with E-state index in [1.54, 1.807) is 12.4 Å². The minimum Gasteiger partial charge on any atom is -0.362 e. The van der Waals surface area contributed by atoms with Gasteiger partial charge in [-0.3, -0.25) is 4.79 Å². The molecule has 1 fully saturated rings. The summed E-state index contributed by atoms with van der Waals surface area (Å²) in [5.74, 6) is 0.672. The molecule has 0 saturated carbocycles. The van der Waals surface area contributed by atoms with Crippen molar-refractivity contribution < 1.29 is 4.79 Å². The molecule has 1 amide bonds. The average Bonchev–Trinajstić information content (AvgIpc) is 2.92. The molecular formula is C19H24N4O. The van der Waals surface area contributed by atoms with Gasteiger partial charge in [0.25, 0.3) is 5.91 Å². The van der Waals surface area contributed by atoms with Crippen molar-refractivity contribution in [3.05, 3.63) is 54.0 Å². The van der Waals surface area contributed by atoms with E-state index in [-0.39, 0.29) is 11.9 Å². The summed E-state index contributed by atoms with van der Waals surface area (Å²) in [6.07, 6.45) is 7.78. The molecule has 1 unspecified atom stereocenters. The lowest BCUT2D eigenvalue weighted by Gasteiger charge is -2.20. The number of hydrogen-bond donors (Lipinski definition) is 1. The van der Waals surface area contributed by atoms with Crippen LogP contribution in [0.5, 0.6) is 0 Å². The zero-order valence-electron chi connectivity index (χ0n) is 14.1. The van der Waals surface area contributed by atoms with Crippen LogP contribution in [-0.2, 0) is 0 Å². The molecule has 5 heteroatoms. The van der Waals surface area contributed by atoms with E-state index in [1.165, 1.54) is 18.4 Å². The summed E-state index contributed by atoms with van der Waals surface area (Å²) in [5, 5.41) is 3.32. The number of carbonyl (C=O) groups excluding carboxylic acids is 1. The number of amides is 1. The minimum atomic E-state index is -0.00735. The zero-order chi connectivity index (χ0) is 16.8. The summed E-state index contributed by atoms with van der Waals surface area (Å²) in [4.78, 5) is 23.1. The van der Waals surface area contributed by atoms with Gasteiger partial charge in [0.05, 0.1) is 12.4 Å². The fourth-order valence-electron chi connectivity index (χ4n) is 3.00. The van der Waals surface area contributed by atoms with Crippen LogP contribution >= 0.6 is 0 Å². The molecule has 0 bridgehead atoms. The van der Waals surface area contributed by atoms with Gasteiger partial charge in [-0.2, -0.15) is 0 Å². The van der Waals surface area contributed by atoms with Crippen molar-refractivity contribution >= 4 is 11.7 Å². The molecule has 5 nitrogen and oxygen atoms in total. The summed E-state index contributed by atoms with van der Waals surface area (Å²) in [7, 11) is 0. The summed E-state index contributed by atoms with van der Waals surface area (Å²) >= 11 is 0. The number of anilines is 1. The first-order valence-electron chi connectivity index (χ1n) is 8.67. The first-order valence-corrected chi connectivity index (χ1v) is 8.67. The fraction of sp³-hybridized carbons (Fsp3) is 0.421. The molecule has 1 aromatic carbocycles. The molecule has 0 spiro atoms. The van der Waals surface area contributed by atoms with Crippen molar-refractivity contribution in [3.63, 3.8) is 0 Å². The Morgan fingerprint density at radius 2 is 1.75 bits per heavy atom. The Labute approximate surface area is 143 Å². The highest BCUT2D eigenvalue weighted by molar-refractivity contribution is 5.92. The van der Waals surface area contributed by atoms with E-state index in [2.05, 4.69) is 34.3 Å². The average molecular weight is 324 g/mol. The van der Waals surface area contributed by atoms with Gasteiger partial charge in [0.15, 0.2) is 0 Å². The van der Waals surface area contributed by atoms with Gasteiger partial charge in [0.2, 0.25) is 0 Å². The molecule has 1 aromatic heterocycles. The summed E-state index contributed by atoms with van der Waals surface area (Å²) < 4.78 is 0. The second kappa shape index (κ2) is 7.90. The lowest BCUT2D eigenvalue weighted by atomic mass is 10.1. The van der Waals surface area contributed by atoms with Crippen LogP contribution in [-0.4, -0.2) is 33.9 Å². The SMILES string of the molecule is CC(Nc1cnc(C(=O)N2CCCCCC2)cn1)c1ccccc1. The standard InChI is InChI=1S/C19H24N4O/c1-15(16-9-5-4-6-10-16)22-18-14-20-17(13-21-18)19(24)23-11-7-2-3-8-12-23/h4-6,9-10,13-15H,2-3,7-8,11-12H2,1H3,(H,21,22). The summed E-state index contributed by atoms with van der Waals surface area (Å²) in [6, 6.07) is 10.3. The highest BCUT2D eigenvalue weighted by atomic mass is 16.2. The topological polar surface area (TPSA) is 58.1 Å². The molecule has 126 valence electrons. The van der Waals surface area contributed by atoms with Crippen LogP contribution in [0.1, 0.15) is 54.7 Å². The van der Waals surface area contributed by atoms with Gasteiger partial charge in [-0.25, -0.2) is 9.97 Å². The van der Waals surface area contributed by atoms with E-state index >= 15 is 0 Å². The predicted octanol–water partition coefficient (Wildman–Crippen LogP) is 3.67. The minimum absolute atomic E-state index is 0.00735. The number of nitrogens with one attached hydrogen (secondary N) is 1. The van der Waals surface area contributed by atoms with Crippen molar-refractivity contribution in [2.75, 3.05) is 18.4 Å². The Morgan fingerprint density at radius 1 is 1.04 bits per heavy atom. The van der Waals surface area contributed by atoms with Gasteiger partial charge in [0.1, 0.15) is 11.5 Å². The van der Waals surface area contributed by atoms with Crippen LogP contribution in [0.4, 0.5) is 5.82 Å². The second-order valence-corrected chi connectivity index (χ2v) is 6.27. The van der Waals surface area contributed by atoms with Crippen LogP contribution in [0, 0.1) is 0 Å². The third-order valence-electron chi connectivity index (χ3n) is 4.43. The van der Waals surface area contributed by atoms with Crippen molar-refractivity contribution in [2.45, 2.75) is 38.6 Å². The Kier molecular flexibility index (Phi) is 5.41. The van der Waals surface area contributed by atoms with E-state index in [1.807, 2.05) is 23.1 Å².